The Labute approximate surface area is 168 Å². The fourth-order valence-corrected chi connectivity index (χ4v) is 3.38. The molecule has 0 bridgehead atoms. The van der Waals surface area contributed by atoms with E-state index in [-0.39, 0.29) is 0 Å². The second-order valence-corrected chi connectivity index (χ2v) is 6.77. The summed E-state index contributed by atoms with van der Waals surface area (Å²) in [4.78, 5) is 18.5. The Hall–Kier alpha value is -3.22. The molecule has 0 aliphatic carbocycles. The van der Waals surface area contributed by atoms with Gasteiger partial charge in [0.05, 0.1) is 7.11 Å². The highest BCUT2D eigenvalue weighted by atomic mass is 19.1. The quantitative estimate of drug-likeness (QED) is 0.618. The molecule has 1 amide bonds. The Bertz CT molecular complexity index is 948. The molecule has 3 rings (SSSR count). The zero-order valence-electron chi connectivity index (χ0n) is 16.6. The summed E-state index contributed by atoms with van der Waals surface area (Å²) in [5.74, 6) is -2.61. The predicted octanol–water partition coefficient (Wildman–Crippen LogP) is 4.33. The Balaban J connectivity index is 1.77. The number of aliphatic imine (C=N–C) groups is 1. The number of carbonyl (C=O) groups is 1. The van der Waals surface area contributed by atoms with Gasteiger partial charge in [0.25, 0.3) is 11.9 Å². The fraction of sp³-hybridized carbons (Fsp3) is 0.273. The van der Waals surface area contributed by atoms with Crippen LogP contribution in [0.1, 0.15) is 29.3 Å². The number of halogens is 2. The molecule has 5 nitrogen and oxygen atoms in total. The number of anilines is 1. The van der Waals surface area contributed by atoms with Crippen molar-refractivity contribution in [2.24, 2.45) is 4.99 Å². The first kappa shape index (κ1) is 20.5. The van der Waals surface area contributed by atoms with Gasteiger partial charge >= 0.3 is 0 Å². The highest BCUT2D eigenvalue weighted by Crippen LogP contribution is 2.28. The van der Waals surface area contributed by atoms with E-state index in [1.54, 1.807) is 26.3 Å². The summed E-state index contributed by atoms with van der Waals surface area (Å²) in [5, 5.41) is 2.54. The molecule has 0 radical (unpaired) electrons. The van der Waals surface area contributed by atoms with Gasteiger partial charge in [-0.2, -0.15) is 0 Å². The largest absolute Gasteiger partial charge is 0.468 e. The summed E-state index contributed by atoms with van der Waals surface area (Å²) >= 11 is 0. The van der Waals surface area contributed by atoms with Crippen LogP contribution in [-0.2, 0) is 4.74 Å². The lowest BCUT2D eigenvalue weighted by atomic mass is 9.95. The number of benzene rings is 2. The Morgan fingerprint density at radius 2 is 1.79 bits per heavy atom. The maximum atomic E-state index is 13.8. The van der Waals surface area contributed by atoms with Gasteiger partial charge in [0.1, 0.15) is 17.2 Å². The van der Waals surface area contributed by atoms with Gasteiger partial charge in [-0.05, 0) is 48.7 Å². The summed E-state index contributed by atoms with van der Waals surface area (Å²) in [6.45, 7) is 3.59. The molecule has 1 heterocycles. The van der Waals surface area contributed by atoms with Crippen LogP contribution in [-0.4, -0.2) is 44.1 Å². The fourth-order valence-electron chi connectivity index (χ4n) is 3.38. The van der Waals surface area contributed by atoms with Crippen LogP contribution >= 0.6 is 0 Å². The molecular formula is C22H23F2N3O2. The lowest BCUT2D eigenvalue weighted by molar-refractivity contribution is 0.101. The van der Waals surface area contributed by atoms with Crippen molar-refractivity contribution in [1.29, 1.82) is 0 Å². The molecule has 7 heteroatoms. The minimum absolute atomic E-state index is 0.458. The molecule has 0 saturated carbocycles. The summed E-state index contributed by atoms with van der Waals surface area (Å²) in [6.07, 6.45) is 0.892. The SMILES string of the molecule is CN=C(OC)N1CCC(C)=C(c2ccc(NC(=O)c3c(F)cccc3F)cc2)C1. The zero-order chi connectivity index (χ0) is 21.0. The van der Waals surface area contributed by atoms with Crippen LogP contribution in [0.25, 0.3) is 5.57 Å². The van der Waals surface area contributed by atoms with E-state index in [4.69, 9.17) is 4.74 Å². The second kappa shape index (κ2) is 8.86. The molecule has 152 valence electrons. The summed E-state index contributed by atoms with van der Waals surface area (Å²) in [7, 11) is 3.29. The van der Waals surface area contributed by atoms with Crippen LogP contribution in [0.15, 0.2) is 53.0 Å². The van der Waals surface area contributed by atoms with E-state index in [1.807, 2.05) is 12.1 Å². The molecule has 0 spiro atoms. The third-order valence-corrected chi connectivity index (χ3v) is 4.95. The highest BCUT2D eigenvalue weighted by molar-refractivity contribution is 6.04. The van der Waals surface area contributed by atoms with Gasteiger partial charge in [0.2, 0.25) is 0 Å². The summed E-state index contributed by atoms with van der Waals surface area (Å²) in [5.41, 5.74) is 3.31. The first-order chi connectivity index (χ1) is 13.9. The van der Waals surface area contributed by atoms with Crippen molar-refractivity contribution in [2.75, 3.05) is 32.6 Å². The number of methoxy groups -OCH3 is 1. The van der Waals surface area contributed by atoms with E-state index in [1.165, 1.54) is 11.6 Å². The molecule has 2 aromatic carbocycles. The third kappa shape index (κ3) is 4.45. The molecule has 1 aliphatic rings. The van der Waals surface area contributed by atoms with Crippen molar-refractivity contribution in [3.05, 3.63) is 70.8 Å². The van der Waals surface area contributed by atoms with E-state index in [0.29, 0.717) is 18.3 Å². The lowest BCUT2D eigenvalue weighted by Gasteiger charge is -2.31. The lowest BCUT2D eigenvalue weighted by Crippen LogP contribution is -2.37. The standard InChI is InChI=1S/C22H23F2N3O2/c1-14-11-12-27(22(25-2)29-3)13-17(14)15-7-9-16(10-8-15)26-21(28)20-18(23)5-4-6-19(20)24/h4-10H,11-13H2,1-3H3,(H,26,28). The predicted molar refractivity (Wildman–Crippen MR) is 110 cm³/mol. The molecule has 1 N–H and O–H groups in total. The maximum Gasteiger partial charge on any atom is 0.287 e. The normalized spacial score (nSPS) is 14.8. The smallest absolute Gasteiger partial charge is 0.287 e. The number of amidine groups is 1. The number of amides is 1. The Morgan fingerprint density at radius 1 is 1.14 bits per heavy atom. The van der Waals surface area contributed by atoms with E-state index < -0.39 is 23.1 Å². The molecule has 2 aromatic rings. The molecule has 29 heavy (non-hydrogen) atoms. The molecular weight excluding hydrogens is 376 g/mol. The molecule has 0 unspecified atom stereocenters. The number of carbonyl (C=O) groups excluding carboxylic acids is 1. The highest BCUT2D eigenvalue weighted by Gasteiger charge is 2.21. The Morgan fingerprint density at radius 3 is 2.38 bits per heavy atom. The van der Waals surface area contributed by atoms with Crippen LogP contribution in [0.4, 0.5) is 14.5 Å². The molecule has 0 aromatic heterocycles. The van der Waals surface area contributed by atoms with Crippen molar-refractivity contribution >= 4 is 23.2 Å². The number of rotatable bonds is 3. The minimum atomic E-state index is -0.895. The van der Waals surface area contributed by atoms with Gasteiger partial charge in [-0.25, -0.2) is 13.8 Å². The van der Waals surface area contributed by atoms with Crippen LogP contribution in [0.2, 0.25) is 0 Å². The third-order valence-electron chi connectivity index (χ3n) is 4.95. The summed E-state index contributed by atoms with van der Waals surface area (Å²) < 4.78 is 32.9. The maximum absolute atomic E-state index is 13.8. The summed E-state index contributed by atoms with van der Waals surface area (Å²) in [6, 6.07) is 11.1. The van der Waals surface area contributed by atoms with Gasteiger partial charge in [-0.1, -0.05) is 23.8 Å². The van der Waals surface area contributed by atoms with Crippen molar-refractivity contribution in [3.8, 4) is 0 Å². The molecule has 0 saturated heterocycles. The first-order valence-corrected chi connectivity index (χ1v) is 9.24. The van der Waals surface area contributed by atoms with Crippen molar-refractivity contribution in [3.63, 3.8) is 0 Å². The topological polar surface area (TPSA) is 53.9 Å². The minimum Gasteiger partial charge on any atom is -0.468 e. The number of ether oxygens (including phenoxy) is 1. The van der Waals surface area contributed by atoms with Gasteiger partial charge < -0.3 is 15.0 Å². The van der Waals surface area contributed by atoms with Gasteiger partial charge in [-0.15, -0.1) is 0 Å². The number of nitrogens with zero attached hydrogens (tertiary/aromatic N) is 2. The van der Waals surface area contributed by atoms with Crippen LogP contribution in [0, 0.1) is 11.6 Å². The van der Waals surface area contributed by atoms with Crippen molar-refractivity contribution in [1.82, 2.24) is 4.90 Å². The zero-order valence-corrected chi connectivity index (χ0v) is 16.6. The number of hydrogen-bond acceptors (Lipinski definition) is 3. The van der Waals surface area contributed by atoms with E-state index in [0.717, 1.165) is 36.2 Å². The van der Waals surface area contributed by atoms with E-state index in [2.05, 4.69) is 22.1 Å². The number of nitrogens with one attached hydrogen (secondary N) is 1. The van der Waals surface area contributed by atoms with Crippen LogP contribution < -0.4 is 5.32 Å². The van der Waals surface area contributed by atoms with Gasteiger partial charge in [0.15, 0.2) is 0 Å². The molecule has 1 aliphatic heterocycles. The van der Waals surface area contributed by atoms with Crippen molar-refractivity contribution < 1.29 is 18.3 Å². The first-order valence-electron chi connectivity index (χ1n) is 9.24. The molecule has 0 fully saturated rings. The molecule has 0 atom stereocenters. The average Bonchev–Trinajstić information content (AvgIpc) is 2.70. The van der Waals surface area contributed by atoms with Gasteiger partial charge in [-0.3, -0.25) is 4.79 Å². The van der Waals surface area contributed by atoms with Crippen LogP contribution in [0.3, 0.4) is 0 Å². The number of hydrogen-bond donors (Lipinski definition) is 1. The van der Waals surface area contributed by atoms with E-state index in [9.17, 15) is 13.6 Å². The van der Waals surface area contributed by atoms with Gasteiger partial charge in [0, 0.05) is 25.8 Å². The van der Waals surface area contributed by atoms with Crippen LogP contribution in [0.5, 0.6) is 0 Å². The monoisotopic (exact) mass is 399 g/mol. The second-order valence-electron chi connectivity index (χ2n) is 6.77. The van der Waals surface area contributed by atoms with Crippen molar-refractivity contribution in [2.45, 2.75) is 13.3 Å². The average molecular weight is 399 g/mol. The Kier molecular flexibility index (Phi) is 6.26. The van der Waals surface area contributed by atoms with E-state index >= 15 is 0 Å².